The molecule has 0 bridgehead atoms. The predicted molar refractivity (Wildman–Crippen MR) is 121 cm³/mol. The van der Waals surface area contributed by atoms with Crippen LogP contribution in [0.25, 0.3) is 0 Å². The number of aromatic nitrogens is 4. The number of amides is 2. The second-order valence-corrected chi connectivity index (χ2v) is 7.92. The number of nitrogens with zero attached hydrogens (tertiary/aromatic N) is 5. The number of ether oxygens (including phenoxy) is 1. The van der Waals surface area contributed by atoms with Crippen molar-refractivity contribution in [1.29, 1.82) is 0 Å². The van der Waals surface area contributed by atoms with E-state index in [4.69, 9.17) is 4.74 Å². The minimum Gasteiger partial charge on any atom is -0.367 e. The molecule has 1 aliphatic rings. The molecule has 9 nitrogen and oxygen atoms in total. The van der Waals surface area contributed by atoms with Crippen LogP contribution < -0.4 is 5.32 Å². The van der Waals surface area contributed by atoms with Gasteiger partial charge >= 0.3 is 0 Å². The van der Waals surface area contributed by atoms with E-state index in [9.17, 15) is 9.59 Å². The minimum absolute atomic E-state index is 0.0487. The van der Waals surface area contributed by atoms with Crippen molar-refractivity contribution >= 4 is 11.8 Å². The van der Waals surface area contributed by atoms with E-state index < -0.39 is 6.10 Å². The van der Waals surface area contributed by atoms with Gasteiger partial charge in [0.2, 0.25) is 5.91 Å². The van der Waals surface area contributed by atoms with E-state index in [-0.39, 0.29) is 11.8 Å². The van der Waals surface area contributed by atoms with Crippen molar-refractivity contribution in [3.05, 3.63) is 77.6 Å². The maximum Gasteiger partial charge on any atom is 0.256 e. The Labute approximate surface area is 192 Å². The summed E-state index contributed by atoms with van der Waals surface area (Å²) in [6.07, 6.45) is 4.47. The highest BCUT2D eigenvalue weighted by Crippen LogP contribution is 2.21. The first-order valence-electron chi connectivity index (χ1n) is 11.1. The van der Waals surface area contributed by atoms with E-state index in [1.165, 1.54) is 0 Å². The summed E-state index contributed by atoms with van der Waals surface area (Å²) >= 11 is 0. The van der Waals surface area contributed by atoms with Crippen molar-refractivity contribution in [2.24, 2.45) is 0 Å². The topological polar surface area (TPSA) is 102 Å². The third-order valence-electron chi connectivity index (χ3n) is 5.78. The zero-order valence-electron chi connectivity index (χ0n) is 18.7. The highest BCUT2D eigenvalue weighted by atomic mass is 16.5. The third-order valence-corrected chi connectivity index (χ3v) is 5.78. The number of benzene rings is 1. The van der Waals surface area contributed by atoms with Gasteiger partial charge in [-0.3, -0.25) is 14.6 Å². The van der Waals surface area contributed by atoms with E-state index in [0.29, 0.717) is 51.3 Å². The van der Waals surface area contributed by atoms with Gasteiger partial charge in [0.15, 0.2) is 11.9 Å². The summed E-state index contributed by atoms with van der Waals surface area (Å²) < 4.78 is 7.52. The maximum absolute atomic E-state index is 13.1. The lowest BCUT2D eigenvalue weighted by atomic mass is 10.1. The van der Waals surface area contributed by atoms with Crippen molar-refractivity contribution < 1.29 is 14.3 Å². The molecule has 4 rings (SSSR count). The lowest BCUT2D eigenvalue weighted by Gasteiger charge is -2.25. The van der Waals surface area contributed by atoms with Crippen LogP contribution in [-0.2, 0) is 40.3 Å². The molecule has 1 N–H and O–H groups in total. The molecule has 0 fully saturated rings. The first kappa shape index (κ1) is 22.6. The van der Waals surface area contributed by atoms with Crippen LogP contribution in [0.4, 0.5) is 0 Å². The molecule has 3 aromatic rings. The number of pyridine rings is 1. The lowest BCUT2D eigenvalue weighted by molar-refractivity contribution is -0.142. The van der Waals surface area contributed by atoms with Gasteiger partial charge in [-0.25, -0.2) is 0 Å². The number of aryl methyl sites for hydroxylation is 1. The Bertz CT molecular complexity index is 1070. The Morgan fingerprint density at radius 1 is 1.09 bits per heavy atom. The summed E-state index contributed by atoms with van der Waals surface area (Å²) in [5.41, 5.74) is 1.86. The third kappa shape index (κ3) is 5.61. The van der Waals surface area contributed by atoms with Gasteiger partial charge in [-0.2, -0.15) is 0 Å². The molecule has 2 aromatic heterocycles. The Morgan fingerprint density at radius 2 is 1.94 bits per heavy atom. The van der Waals surface area contributed by atoms with Gasteiger partial charge in [-0.1, -0.05) is 36.4 Å². The molecule has 0 aliphatic carbocycles. The Kier molecular flexibility index (Phi) is 7.41. The first-order chi connectivity index (χ1) is 16.2. The number of nitrogens with one attached hydrogen (secondary N) is 1. The number of fused-ring (bicyclic) bond motifs is 1. The number of hydrogen-bond donors (Lipinski definition) is 1. The second-order valence-electron chi connectivity index (χ2n) is 7.92. The van der Waals surface area contributed by atoms with E-state index in [1.807, 2.05) is 51.9 Å². The summed E-state index contributed by atoms with van der Waals surface area (Å²) in [5, 5.41) is 11.5. The van der Waals surface area contributed by atoms with Crippen molar-refractivity contribution in [3.63, 3.8) is 0 Å². The van der Waals surface area contributed by atoms with Crippen LogP contribution in [0.3, 0.4) is 0 Å². The molecule has 1 aromatic carbocycles. The molecular weight excluding hydrogens is 420 g/mol. The second kappa shape index (κ2) is 10.8. The molecule has 9 heteroatoms. The molecule has 0 unspecified atom stereocenters. The fraction of sp³-hybridized carbons (Fsp3) is 0.375. The summed E-state index contributed by atoms with van der Waals surface area (Å²) in [7, 11) is 1.55. The number of carbonyl (C=O) groups is 2. The van der Waals surface area contributed by atoms with Crippen LogP contribution in [-0.4, -0.2) is 56.7 Å². The van der Waals surface area contributed by atoms with Gasteiger partial charge in [0, 0.05) is 52.0 Å². The molecule has 0 saturated carbocycles. The summed E-state index contributed by atoms with van der Waals surface area (Å²) in [4.78, 5) is 31.3. The number of rotatable bonds is 8. The van der Waals surface area contributed by atoms with Crippen LogP contribution in [0.2, 0.25) is 0 Å². The summed E-state index contributed by atoms with van der Waals surface area (Å²) in [6, 6.07) is 13.3. The largest absolute Gasteiger partial charge is 0.367 e. The first-order valence-corrected chi connectivity index (χ1v) is 11.1. The SMILES string of the molecule is CO[C@@H](C(=O)N1CCc2nnc(CNC(=O)CCc3cccnc3)n2CC1)c1ccccc1. The molecule has 0 spiro atoms. The molecule has 1 atom stereocenters. The van der Waals surface area contributed by atoms with Crippen LogP contribution in [0.5, 0.6) is 0 Å². The molecule has 33 heavy (non-hydrogen) atoms. The Hall–Kier alpha value is -3.59. The number of methoxy groups -OCH3 is 1. The monoisotopic (exact) mass is 448 g/mol. The molecule has 172 valence electrons. The lowest BCUT2D eigenvalue weighted by Crippen LogP contribution is -2.38. The van der Waals surface area contributed by atoms with Gasteiger partial charge in [0.05, 0.1) is 6.54 Å². The average molecular weight is 449 g/mol. The van der Waals surface area contributed by atoms with Gasteiger partial charge in [-0.05, 0) is 23.6 Å². The van der Waals surface area contributed by atoms with Crippen molar-refractivity contribution in [3.8, 4) is 0 Å². The maximum atomic E-state index is 13.1. The Balaban J connectivity index is 1.33. The van der Waals surface area contributed by atoms with E-state index >= 15 is 0 Å². The van der Waals surface area contributed by atoms with E-state index in [0.717, 1.165) is 17.0 Å². The number of hydrogen-bond acceptors (Lipinski definition) is 6. The van der Waals surface area contributed by atoms with E-state index in [2.05, 4.69) is 20.5 Å². The fourth-order valence-corrected chi connectivity index (χ4v) is 3.98. The summed E-state index contributed by atoms with van der Waals surface area (Å²) in [5.74, 6) is 1.40. The van der Waals surface area contributed by atoms with E-state index in [1.54, 1.807) is 19.5 Å². The van der Waals surface area contributed by atoms with Gasteiger partial charge < -0.3 is 19.5 Å². The molecule has 0 saturated heterocycles. The predicted octanol–water partition coefficient (Wildman–Crippen LogP) is 1.69. The Morgan fingerprint density at radius 3 is 2.70 bits per heavy atom. The summed E-state index contributed by atoms with van der Waals surface area (Å²) in [6.45, 7) is 1.94. The van der Waals surface area contributed by atoms with Gasteiger partial charge in [0.25, 0.3) is 5.91 Å². The quantitative estimate of drug-likeness (QED) is 0.563. The van der Waals surface area contributed by atoms with Crippen LogP contribution >= 0.6 is 0 Å². The highest BCUT2D eigenvalue weighted by molar-refractivity contribution is 5.82. The van der Waals surface area contributed by atoms with Crippen LogP contribution in [0.1, 0.15) is 35.3 Å². The number of carbonyl (C=O) groups excluding carboxylic acids is 2. The van der Waals surface area contributed by atoms with Crippen LogP contribution in [0.15, 0.2) is 54.9 Å². The van der Waals surface area contributed by atoms with Gasteiger partial charge in [0.1, 0.15) is 5.82 Å². The van der Waals surface area contributed by atoms with Crippen molar-refractivity contribution in [1.82, 2.24) is 30.0 Å². The highest BCUT2D eigenvalue weighted by Gasteiger charge is 2.28. The molecule has 1 aliphatic heterocycles. The molecule has 0 radical (unpaired) electrons. The van der Waals surface area contributed by atoms with Crippen molar-refractivity contribution in [2.45, 2.75) is 38.5 Å². The molecule has 2 amide bonds. The average Bonchev–Trinajstić information content (AvgIpc) is 3.12. The fourth-order valence-electron chi connectivity index (χ4n) is 3.98. The normalized spacial score (nSPS) is 14.3. The zero-order chi connectivity index (χ0) is 23.0. The van der Waals surface area contributed by atoms with Crippen molar-refractivity contribution in [2.75, 3.05) is 20.2 Å². The molecule has 3 heterocycles. The zero-order valence-corrected chi connectivity index (χ0v) is 18.7. The minimum atomic E-state index is -0.631. The smallest absolute Gasteiger partial charge is 0.256 e. The standard InChI is InChI=1S/C24H28N6O3/c1-33-23(19-7-3-2-4-8-19)24(32)29-13-11-20-27-28-21(30(20)15-14-29)17-26-22(31)10-9-18-6-5-12-25-16-18/h2-8,12,16,23H,9-11,13-15,17H2,1H3,(H,26,31)/t23-/m1/s1. The van der Waals surface area contributed by atoms with Gasteiger partial charge in [-0.15, -0.1) is 10.2 Å². The van der Waals surface area contributed by atoms with Crippen LogP contribution in [0, 0.1) is 0 Å². The molecular formula is C24H28N6O3.